The summed E-state index contributed by atoms with van der Waals surface area (Å²) >= 11 is 0. The fourth-order valence-electron chi connectivity index (χ4n) is 2.54. The zero-order valence-electron chi connectivity index (χ0n) is 13.9. The summed E-state index contributed by atoms with van der Waals surface area (Å²) in [6.45, 7) is 2.76. The third-order valence-corrected chi connectivity index (χ3v) is 7.17. The summed E-state index contributed by atoms with van der Waals surface area (Å²) in [6.07, 6.45) is 1.41. The highest BCUT2D eigenvalue weighted by atomic mass is 35.5. The van der Waals surface area contributed by atoms with Crippen LogP contribution in [0.1, 0.15) is 19.8 Å². The first kappa shape index (κ1) is 21.3. The van der Waals surface area contributed by atoms with Crippen molar-refractivity contribution in [3.63, 3.8) is 0 Å². The number of nitrogens with zero attached hydrogens (tertiary/aromatic N) is 1. The number of rotatable bonds is 5. The van der Waals surface area contributed by atoms with Gasteiger partial charge in [-0.3, -0.25) is 0 Å². The van der Waals surface area contributed by atoms with Crippen molar-refractivity contribution in [1.82, 2.24) is 14.3 Å². The van der Waals surface area contributed by atoms with Gasteiger partial charge in [0.15, 0.2) is 0 Å². The molecule has 0 amide bonds. The molecule has 2 rings (SSSR count). The van der Waals surface area contributed by atoms with E-state index in [4.69, 9.17) is 0 Å². The van der Waals surface area contributed by atoms with Gasteiger partial charge in [-0.05, 0) is 44.5 Å². The number of nitrogens with one attached hydrogen (secondary N) is 2. The third kappa shape index (κ3) is 4.90. The summed E-state index contributed by atoms with van der Waals surface area (Å²) in [4.78, 5) is -0.0735. The fraction of sp³-hybridized carbons (Fsp3) is 0.571. The molecule has 1 aromatic carbocycles. The predicted molar refractivity (Wildman–Crippen MR) is 95.4 cm³/mol. The maximum absolute atomic E-state index is 12.5. The first-order valence-corrected chi connectivity index (χ1v) is 10.3. The molecule has 0 spiro atoms. The number of hydrogen-bond donors (Lipinski definition) is 2. The van der Waals surface area contributed by atoms with Crippen LogP contribution in [0.25, 0.3) is 0 Å². The van der Waals surface area contributed by atoms with E-state index in [0.29, 0.717) is 12.8 Å². The van der Waals surface area contributed by atoms with Crippen LogP contribution in [0.3, 0.4) is 0 Å². The average Bonchev–Trinajstić information content (AvgIpc) is 2.46. The third-order valence-electron chi connectivity index (χ3n) is 3.84. The zero-order chi connectivity index (χ0) is 17.3. The van der Waals surface area contributed by atoms with Gasteiger partial charge in [0.2, 0.25) is 20.0 Å². The molecule has 1 heterocycles. The first-order valence-electron chi connectivity index (χ1n) is 7.41. The van der Waals surface area contributed by atoms with Crippen molar-refractivity contribution < 1.29 is 16.8 Å². The van der Waals surface area contributed by atoms with Gasteiger partial charge in [0.05, 0.1) is 9.79 Å². The van der Waals surface area contributed by atoms with Gasteiger partial charge in [-0.1, -0.05) is 6.07 Å². The van der Waals surface area contributed by atoms with E-state index in [1.54, 1.807) is 0 Å². The van der Waals surface area contributed by atoms with Crippen LogP contribution in [0.5, 0.6) is 0 Å². The maximum Gasteiger partial charge on any atom is 0.242 e. The van der Waals surface area contributed by atoms with Gasteiger partial charge in [-0.15, -0.1) is 12.4 Å². The SMILES string of the molecule is CC1CC(NS(=O)(=O)c2cccc(S(=O)(=O)N(C)C)c2)CCN1.Cl. The summed E-state index contributed by atoms with van der Waals surface area (Å²) in [5, 5.41) is 3.26. The molecule has 2 atom stereocenters. The smallest absolute Gasteiger partial charge is 0.242 e. The second-order valence-electron chi connectivity index (χ2n) is 5.96. The lowest BCUT2D eigenvalue weighted by Gasteiger charge is -2.28. The van der Waals surface area contributed by atoms with Crippen LogP contribution in [0, 0.1) is 0 Å². The van der Waals surface area contributed by atoms with Crippen molar-refractivity contribution in [3.05, 3.63) is 24.3 Å². The van der Waals surface area contributed by atoms with Crippen molar-refractivity contribution >= 4 is 32.5 Å². The van der Waals surface area contributed by atoms with E-state index < -0.39 is 20.0 Å². The Labute approximate surface area is 150 Å². The minimum absolute atomic E-state index is 0. The van der Waals surface area contributed by atoms with Gasteiger partial charge < -0.3 is 5.32 Å². The predicted octanol–water partition coefficient (Wildman–Crippen LogP) is 0.778. The standard InChI is InChI=1S/C14H23N3O4S2.ClH/c1-11-9-12(7-8-15-11)16-22(18,19)13-5-4-6-14(10-13)23(20,21)17(2)3;/h4-6,10-12,15-16H,7-9H2,1-3H3;1H. The van der Waals surface area contributed by atoms with Gasteiger partial charge in [0.25, 0.3) is 0 Å². The first-order chi connectivity index (χ1) is 10.6. The second-order valence-corrected chi connectivity index (χ2v) is 9.83. The summed E-state index contributed by atoms with van der Waals surface area (Å²) in [6, 6.07) is 5.53. The van der Waals surface area contributed by atoms with E-state index in [1.165, 1.54) is 38.4 Å². The molecule has 2 unspecified atom stereocenters. The van der Waals surface area contributed by atoms with E-state index in [2.05, 4.69) is 10.0 Å². The molecular formula is C14H24ClN3O4S2. The lowest BCUT2D eigenvalue weighted by atomic mass is 10.0. The van der Waals surface area contributed by atoms with Crippen molar-refractivity contribution in [2.75, 3.05) is 20.6 Å². The zero-order valence-corrected chi connectivity index (χ0v) is 16.3. The lowest BCUT2D eigenvalue weighted by molar-refractivity contribution is 0.361. The number of sulfonamides is 2. The molecule has 10 heteroatoms. The van der Waals surface area contributed by atoms with Gasteiger partial charge in [-0.25, -0.2) is 25.9 Å². The molecule has 0 radical (unpaired) electrons. The van der Waals surface area contributed by atoms with Gasteiger partial charge in [-0.2, -0.15) is 0 Å². The van der Waals surface area contributed by atoms with Crippen LogP contribution in [0.2, 0.25) is 0 Å². The van der Waals surface area contributed by atoms with Crippen molar-refractivity contribution in [2.45, 2.75) is 41.6 Å². The summed E-state index contributed by atoms with van der Waals surface area (Å²) in [5.41, 5.74) is 0. The van der Waals surface area contributed by atoms with Crippen molar-refractivity contribution in [1.29, 1.82) is 0 Å². The highest BCUT2D eigenvalue weighted by molar-refractivity contribution is 7.90. The van der Waals surface area contributed by atoms with E-state index >= 15 is 0 Å². The van der Waals surface area contributed by atoms with Crippen LogP contribution in [0.15, 0.2) is 34.1 Å². The summed E-state index contributed by atoms with van der Waals surface area (Å²) in [7, 11) is -4.61. The average molecular weight is 398 g/mol. The molecule has 1 aliphatic heterocycles. The molecule has 2 N–H and O–H groups in total. The Hall–Kier alpha value is -0.710. The van der Waals surface area contributed by atoms with E-state index in [1.807, 2.05) is 6.92 Å². The molecule has 0 bridgehead atoms. The highest BCUT2D eigenvalue weighted by Gasteiger charge is 2.26. The lowest BCUT2D eigenvalue weighted by Crippen LogP contribution is -2.46. The Morgan fingerprint density at radius 3 is 2.38 bits per heavy atom. The molecule has 1 aliphatic rings. The minimum Gasteiger partial charge on any atom is -0.314 e. The Bertz CT molecular complexity index is 766. The second kappa shape index (κ2) is 8.11. The number of piperidine rings is 1. The largest absolute Gasteiger partial charge is 0.314 e. The van der Waals surface area contributed by atoms with Gasteiger partial charge in [0, 0.05) is 26.2 Å². The Kier molecular flexibility index (Phi) is 7.21. The van der Waals surface area contributed by atoms with Crippen molar-refractivity contribution in [3.8, 4) is 0 Å². The van der Waals surface area contributed by atoms with Gasteiger partial charge >= 0.3 is 0 Å². The van der Waals surface area contributed by atoms with E-state index in [9.17, 15) is 16.8 Å². The van der Waals surface area contributed by atoms with Crippen LogP contribution in [0.4, 0.5) is 0 Å². The molecule has 7 nitrogen and oxygen atoms in total. The minimum atomic E-state index is -3.75. The number of halogens is 1. The molecule has 138 valence electrons. The topological polar surface area (TPSA) is 95.6 Å². The molecule has 1 saturated heterocycles. The Morgan fingerprint density at radius 2 is 1.79 bits per heavy atom. The molecule has 0 aromatic heterocycles. The fourth-order valence-corrected chi connectivity index (χ4v) is 4.89. The number of benzene rings is 1. The summed E-state index contributed by atoms with van der Waals surface area (Å²) in [5.74, 6) is 0. The Morgan fingerprint density at radius 1 is 1.17 bits per heavy atom. The monoisotopic (exact) mass is 397 g/mol. The quantitative estimate of drug-likeness (QED) is 0.765. The van der Waals surface area contributed by atoms with Crippen molar-refractivity contribution in [2.24, 2.45) is 0 Å². The van der Waals surface area contributed by atoms with Crippen LogP contribution in [-0.4, -0.2) is 53.9 Å². The molecular weight excluding hydrogens is 374 g/mol. The normalized spacial score (nSPS) is 22.2. The Balaban J connectivity index is 0.00000288. The van der Waals surface area contributed by atoms with Gasteiger partial charge in [0.1, 0.15) is 0 Å². The molecule has 1 aromatic rings. The van der Waals surface area contributed by atoms with E-state index in [-0.39, 0.29) is 34.3 Å². The number of hydrogen-bond acceptors (Lipinski definition) is 5. The van der Waals surface area contributed by atoms with Crippen LogP contribution in [-0.2, 0) is 20.0 Å². The highest BCUT2D eigenvalue weighted by Crippen LogP contribution is 2.19. The van der Waals surface area contributed by atoms with Crippen LogP contribution >= 0.6 is 12.4 Å². The molecule has 0 saturated carbocycles. The maximum atomic E-state index is 12.5. The molecule has 0 aliphatic carbocycles. The summed E-state index contributed by atoms with van der Waals surface area (Å²) < 4.78 is 53.1. The van der Waals surface area contributed by atoms with E-state index in [0.717, 1.165) is 10.8 Å². The van der Waals surface area contributed by atoms with Crippen LogP contribution < -0.4 is 10.0 Å². The molecule has 1 fully saturated rings. The molecule has 24 heavy (non-hydrogen) atoms.